The molecule has 21 heavy (non-hydrogen) atoms. The van der Waals surface area contributed by atoms with Gasteiger partial charge in [-0.05, 0) is 6.42 Å². The van der Waals surface area contributed by atoms with Gasteiger partial charge in [-0.3, -0.25) is 9.89 Å². The Hall–Kier alpha value is -1.57. The predicted octanol–water partition coefficient (Wildman–Crippen LogP) is 1.70. The van der Waals surface area contributed by atoms with Gasteiger partial charge in [0.15, 0.2) is 0 Å². The summed E-state index contributed by atoms with van der Waals surface area (Å²) in [4.78, 5) is 29.5. The number of aromatic nitrogens is 3. The summed E-state index contributed by atoms with van der Waals surface area (Å²) in [5, 5.41) is 15.9. The molecule has 1 aromatic heterocycles. The summed E-state index contributed by atoms with van der Waals surface area (Å²) in [6.07, 6.45) is 1.65. The summed E-state index contributed by atoms with van der Waals surface area (Å²) in [6.45, 7) is 5.90. The molecule has 0 spiro atoms. The normalized spacial score (nSPS) is 22.0. The van der Waals surface area contributed by atoms with E-state index in [2.05, 4.69) is 15.2 Å². The fourth-order valence-electron chi connectivity index (χ4n) is 2.24. The van der Waals surface area contributed by atoms with Gasteiger partial charge >= 0.3 is 5.97 Å². The largest absolute Gasteiger partial charge is 0.480 e. The summed E-state index contributed by atoms with van der Waals surface area (Å²) in [7, 11) is 0. The van der Waals surface area contributed by atoms with Crippen LogP contribution in [-0.2, 0) is 4.79 Å². The number of carboxylic acid groups (broad SMARTS) is 1. The van der Waals surface area contributed by atoms with Crippen LogP contribution in [0.2, 0.25) is 0 Å². The quantitative estimate of drug-likeness (QED) is 0.858. The van der Waals surface area contributed by atoms with Crippen LogP contribution < -0.4 is 0 Å². The fourth-order valence-corrected chi connectivity index (χ4v) is 3.75. The number of aliphatic carboxylic acids is 1. The second-order valence-electron chi connectivity index (χ2n) is 5.34. The Morgan fingerprint density at radius 2 is 2.24 bits per heavy atom. The third-order valence-corrected chi connectivity index (χ3v) is 4.74. The molecule has 2 rings (SSSR count). The maximum atomic E-state index is 12.6. The van der Waals surface area contributed by atoms with Gasteiger partial charge in [0, 0.05) is 11.7 Å². The van der Waals surface area contributed by atoms with E-state index in [0.29, 0.717) is 11.6 Å². The van der Waals surface area contributed by atoms with Crippen molar-refractivity contribution in [3.8, 4) is 0 Å². The molecule has 1 fully saturated rings. The van der Waals surface area contributed by atoms with Crippen LogP contribution in [-0.4, -0.2) is 54.2 Å². The van der Waals surface area contributed by atoms with Crippen molar-refractivity contribution in [3.63, 3.8) is 0 Å². The first-order valence-corrected chi connectivity index (χ1v) is 8.10. The van der Waals surface area contributed by atoms with Crippen molar-refractivity contribution in [2.24, 2.45) is 0 Å². The van der Waals surface area contributed by atoms with Crippen molar-refractivity contribution in [2.45, 2.75) is 50.9 Å². The zero-order chi connectivity index (χ0) is 15.6. The van der Waals surface area contributed by atoms with Crippen molar-refractivity contribution >= 4 is 23.6 Å². The Morgan fingerprint density at radius 3 is 2.76 bits per heavy atom. The number of aromatic amines is 1. The van der Waals surface area contributed by atoms with Crippen LogP contribution >= 0.6 is 11.8 Å². The summed E-state index contributed by atoms with van der Waals surface area (Å²) < 4.78 is 0. The number of hydrogen-bond donors (Lipinski definition) is 2. The summed E-state index contributed by atoms with van der Waals surface area (Å²) >= 11 is 1.51. The zero-order valence-electron chi connectivity index (χ0n) is 12.4. The van der Waals surface area contributed by atoms with Gasteiger partial charge in [-0.15, -0.1) is 16.9 Å². The Kier molecular flexibility index (Phi) is 4.87. The smallest absolute Gasteiger partial charge is 0.327 e. The summed E-state index contributed by atoms with van der Waals surface area (Å²) in [5.41, 5.74) is 0. The summed E-state index contributed by atoms with van der Waals surface area (Å²) in [5.74, 6) is -0.165. The number of nitrogens with one attached hydrogen (secondary N) is 1. The molecule has 1 aliphatic rings. The van der Waals surface area contributed by atoms with Gasteiger partial charge in [0.1, 0.15) is 11.9 Å². The molecule has 2 unspecified atom stereocenters. The molecular formula is C13H20N4O3S. The Morgan fingerprint density at radius 1 is 1.52 bits per heavy atom. The SMILES string of the molecule is CCCC1SCC(C(=O)O)N1C(=O)c1n[nH]c(C(C)C)n1. The lowest BCUT2D eigenvalue weighted by Crippen LogP contribution is -2.46. The Balaban J connectivity index is 2.25. The van der Waals surface area contributed by atoms with Gasteiger partial charge in [0.25, 0.3) is 5.91 Å². The van der Waals surface area contributed by atoms with Crippen molar-refractivity contribution in [3.05, 3.63) is 11.6 Å². The highest BCUT2D eigenvalue weighted by molar-refractivity contribution is 8.00. The number of carbonyl (C=O) groups is 2. The molecule has 1 aliphatic heterocycles. The highest BCUT2D eigenvalue weighted by Crippen LogP contribution is 2.33. The maximum absolute atomic E-state index is 12.6. The van der Waals surface area contributed by atoms with Crippen LogP contribution in [0.3, 0.4) is 0 Å². The highest BCUT2D eigenvalue weighted by atomic mass is 32.2. The molecule has 2 heterocycles. The molecule has 1 saturated heterocycles. The number of nitrogens with zero attached hydrogens (tertiary/aromatic N) is 3. The van der Waals surface area contributed by atoms with E-state index in [1.807, 2.05) is 20.8 Å². The molecule has 0 aliphatic carbocycles. The van der Waals surface area contributed by atoms with Crippen molar-refractivity contribution < 1.29 is 14.7 Å². The van der Waals surface area contributed by atoms with E-state index >= 15 is 0 Å². The van der Waals surface area contributed by atoms with Gasteiger partial charge in [-0.25, -0.2) is 9.78 Å². The first-order chi connectivity index (χ1) is 9.95. The molecule has 7 nitrogen and oxygen atoms in total. The first kappa shape index (κ1) is 15.8. The van der Waals surface area contributed by atoms with E-state index in [0.717, 1.165) is 12.8 Å². The highest BCUT2D eigenvalue weighted by Gasteiger charge is 2.42. The van der Waals surface area contributed by atoms with Crippen molar-refractivity contribution in [1.29, 1.82) is 0 Å². The average molecular weight is 312 g/mol. The van der Waals surface area contributed by atoms with Crippen LogP contribution in [0, 0.1) is 0 Å². The van der Waals surface area contributed by atoms with Crippen molar-refractivity contribution in [1.82, 2.24) is 20.1 Å². The molecule has 0 saturated carbocycles. The van der Waals surface area contributed by atoms with E-state index in [9.17, 15) is 14.7 Å². The lowest BCUT2D eigenvalue weighted by atomic mass is 10.2. The average Bonchev–Trinajstić information content (AvgIpc) is 3.05. The molecule has 8 heteroatoms. The van der Waals surface area contributed by atoms with Gasteiger partial charge in [-0.2, -0.15) is 0 Å². The van der Waals surface area contributed by atoms with Crippen LogP contribution in [0.4, 0.5) is 0 Å². The molecule has 0 radical (unpaired) electrons. The third-order valence-electron chi connectivity index (χ3n) is 3.39. The van der Waals surface area contributed by atoms with Crippen LogP contribution in [0.1, 0.15) is 56.0 Å². The third kappa shape index (κ3) is 3.20. The summed E-state index contributed by atoms with van der Waals surface area (Å²) in [6, 6.07) is -0.806. The van der Waals surface area contributed by atoms with Crippen LogP contribution in [0.25, 0.3) is 0 Å². The molecule has 116 valence electrons. The monoisotopic (exact) mass is 312 g/mol. The van der Waals surface area contributed by atoms with Gasteiger partial charge < -0.3 is 10.0 Å². The number of rotatable bonds is 5. The molecule has 1 amide bonds. The van der Waals surface area contributed by atoms with E-state index in [4.69, 9.17) is 0 Å². The lowest BCUT2D eigenvalue weighted by molar-refractivity contribution is -0.141. The Labute approximate surface area is 127 Å². The van der Waals surface area contributed by atoms with Crippen LogP contribution in [0.15, 0.2) is 0 Å². The number of hydrogen-bond acceptors (Lipinski definition) is 5. The topological polar surface area (TPSA) is 99.2 Å². The second-order valence-corrected chi connectivity index (χ2v) is 6.55. The minimum absolute atomic E-state index is 0.0496. The number of carboxylic acids is 1. The van der Waals surface area contributed by atoms with E-state index < -0.39 is 17.9 Å². The second kappa shape index (κ2) is 6.46. The standard InChI is InChI=1S/C13H20N4O3S/c1-4-5-9-17(8(6-21-9)13(19)20)12(18)11-14-10(7(2)3)15-16-11/h7-9H,4-6H2,1-3H3,(H,19,20)(H,14,15,16). The van der Waals surface area contributed by atoms with E-state index in [1.54, 1.807) is 0 Å². The van der Waals surface area contributed by atoms with Gasteiger partial charge in [0.05, 0.1) is 5.37 Å². The van der Waals surface area contributed by atoms with Gasteiger partial charge in [-0.1, -0.05) is 27.2 Å². The molecule has 2 atom stereocenters. The minimum Gasteiger partial charge on any atom is -0.480 e. The number of thioether (sulfide) groups is 1. The molecule has 2 N–H and O–H groups in total. The van der Waals surface area contributed by atoms with E-state index in [-0.39, 0.29) is 17.1 Å². The first-order valence-electron chi connectivity index (χ1n) is 7.05. The van der Waals surface area contributed by atoms with Crippen molar-refractivity contribution in [2.75, 3.05) is 5.75 Å². The molecular weight excluding hydrogens is 292 g/mol. The van der Waals surface area contributed by atoms with Gasteiger partial charge in [0.2, 0.25) is 5.82 Å². The van der Waals surface area contributed by atoms with E-state index in [1.165, 1.54) is 16.7 Å². The number of amides is 1. The molecule has 0 bridgehead atoms. The molecule has 0 aromatic carbocycles. The zero-order valence-corrected chi connectivity index (χ0v) is 13.2. The maximum Gasteiger partial charge on any atom is 0.327 e. The molecule has 1 aromatic rings. The predicted molar refractivity (Wildman–Crippen MR) is 79.2 cm³/mol. The lowest BCUT2D eigenvalue weighted by Gasteiger charge is -2.25. The Bertz CT molecular complexity index is 531. The number of carbonyl (C=O) groups excluding carboxylic acids is 1. The fraction of sp³-hybridized carbons (Fsp3) is 0.692. The number of H-pyrrole nitrogens is 1. The van der Waals surface area contributed by atoms with Crippen LogP contribution in [0.5, 0.6) is 0 Å². The minimum atomic E-state index is -0.978.